The van der Waals surface area contributed by atoms with Crippen LogP contribution in [0.5, 0.6) is 0 Å². The third kappa shape index (κ3) is 6.44. The van der Waals surface area contributed by atoms with Crippen molar-refractivity contribution in [2.45, 2.75) is 76.4 Å². The first kappa shape index (κ1) is 28.9. The zero-order valence-corrected chi connectivity index (χ0v) is 24.6. The van der Waals surface area contributed by atoms with Crippen molar-refractivity contribution in [3.8, 4) is 6.07 Å². The molecule has 11 nitrogen and oxygen atoms in total. The van der Waals surface area contributed by atoms with Crippen LogP contribution in [-0.2, 0) is 16.1 Å². The molecule has 1 saturated heterocycles. The van der Waals surface area contributed by atoms with Crippen molar-refractivity contribution >= 4 is 34.4 Å². The highest BCUT2D eigenvalue weighted by molar-refractivity contribution is 6.02. The van der Waals surface area contributed by atoms with Crippen LogP contribution >= 0.6 is 0 Å². The molecule has 3 aliphatic rings. The number of anilines is 2. The third-order valence-electron chi connectivity index (χ3n) is 8.97. The molecule has 0 radical (unpaired) electrons. The lowest BCUT2D eigenvalue weighted by Crippen LogP contribution is -2.39. The van der Waals surface area contributed by atoms with Crippen LogP contribution in [0.4, 0.5) is 11.5 Å². The minimum absolute atomic E-state index is 0.0641. The van der Waals surface area contributed by atoms with Gasteiger partial charge in [-0.1, -0.05) is 44.2 Å². The monoisotopic (exact) mass is 584 g/mol. The lowest BCUT2D eigenvalue weighted by atomic mass is 9.95. The fourth-order valence-corrected chi connectivity index (χ4v) is 6.80. The molecule has 226 valence electrons. The highest BCUT2D eigenvalue weighted by atomic mass is 16.5. The van der Waals surface area contributed by atoms with Gasteiger partial charge in [0, 0.05) is 37.4 Å². The highest BCUT2D eigenvalue weighted by Gasteiger charge is 2.30. The van der Waals surface area contributed by atoms with Gasteiger partial charge < -0.3 is 30.2 Å². The Bertz CT molecular complexity index is 1490. The smallest absolute Gasteiger partial charge is 0.271 e. The van der Waals surface area contributed by atoms with E-state index in [1.807, 2.05) is 34.9 Å². The first-order valence-electron chi connectivity index (χ1n) is 15.6. The number of hydrogen-bond donors (Lipinski definition) is 2. The van der Waals surface area contributed by atoms with E-state index in [1.165, 1.54) is 4.90 Å². The molecule has 3 N–H and O–H groups in total. The number of morpholine rings is 1. The van der Waals surface area contributed by atoms with Crippen LogP contribution in [0.1, 0.15) is 85.7 Å². The molecule has 2 saturated carbocycles. The molecule has 2 aromatic heterocycles. The summed E-state index contributed by atoms with van der Waals surface area (Å²) in [4.78, 5) is 39.6. The van der Waals surface area contributed by atoms with E-state index in [4.69, 9.17) is 10.5 Å². The maximum atomic E-state index is 14.4. The molecule has 2 amide bonds. The minimum Gasteiger partial charge on any atom is -0.378 e. The van der Waals surface area contributed by atoms with Gasteiger partial charge in [0.15, 0.2) is 0 Å². The van der Waals surface area contributed by atoms with Crippen molar-refractivity contribution in [2.24, 2.45) is 5.73 Å². The topological polar surface area (TPSA) is 142 Å². The van der Waals surface area contributed by atoms with Crippen LogP contribution < -0.4 is 16.0 Å². The van der Waals surface area contributed by atoms with E-state index in [-0.39, 0.29) is 36.9 Å². The molecule has 2 aliphatic carbocycles. The second-order valence-electron chi connectivity index (χ2n) is 12.0. The summed E-state index contributed by atoms with van der Waals surface area (Å²) >= 11 is 0. The molecule has 0 atom stereocenters. The Balaban J connectivity index is 1.37. The lowest BCUT2D eigenvalue weighted by Gasteiger charge is -2.29. The van der Waals surface area contributed by atoms with E-state index in [0.717, 1.165) is 87.5 Å². The molecule has 0 unspecified atom stereocenters. The number of amides is 2. The number of ether oxygens (including phenoxy) is 1. The second kappa shape index (κ2) is 13.0. The van der Waals surface area contributed by atoms with Gasteiger partial charge in [0.2, 0.25) is 11.7 Å². The summed E-state index contributed by atoms with van der Waals surface area (Å²) in [5.74, 6) is -0.188. The molecule has 1 aliphatic heterocycles. The number of carbonyl (C=O) groups is 2. The van der Waals surface area contributed by atoms with Crippen LogP contribution in [0, 0.1) is 11.3 Å². The molecule has 6 rings (SSSR count). The van der Waals surface area contributed by atoms with Crippen molar-refractivity contribution in [2.75, 3.05) is 43.1 Å². The average molecular weight is 585 g/mol. The average Bonchev–Trinajstić information content (AvgIpc) is 3.69. The Morgan fingerprint density at radius 1 is 1.02 bits per heavy atom. The number of hydrogen-bond acceptors (Lipinski definition) is 8. The van der Waals surface area contributed by atoms with Gasteiger partial charge in [-0.05, 0) is 49.4 Å². The summed E-state index contributed by atoms with van der Waals surface area (Å²) in [6, 6.07) is 12.4. The molecule has 3 heterocycles. The van der Waals surface area contributed by atoms with Gasteiger partial charge in [-0.25, -0.2) is 9.97 Å². The normalized spacial score (nSPS) is 18.1. The quantitative estimate of drug-likeness (QED) is 0.382. The third-order valence-corrected chi connectivity index (χ3v) is 8.97. The van der Waals surface area contributed by atoms with Crippen LogP contribution in [0.2, 0.25) is 0 Å². The first-order valence-corrected chi connectivity index (χ1v) is 15.6. The van der Waals surface area contributed by atoms with Gasteiger partial charge in [-0.2, -0.15) is 5.26 Å². The van der Waals surface area contributed by atoms with Crippen LogP contribution in [-0.4, -0.2) is 70.1 Å². The van der Waals surface area contributed by atoms with E-state index < -0.39 is 5.91 Å². The summed E-state index contributed by atoms with van der Waals surface area (Å²) in [5, 5.41) is 14.1. The van der Waals surface area contributed by atoms with E-state index in [0.29, 0.717) is 30.4 Å². The fraction of sp³-hybridized carbons (Fsp3) is 0.531. The number of nitriles is 1. The van der Waals surface area contributed by atoms with Crippen LogP contribution in [0.15, 0.2) is 30.3 Å². The Kier molecular flexibility index (Phi) is 8.74. The zero-order chi connectivity index (χ0) is 29.8. The van der Waals surface area contributed by atoms with Crippen molar-refractivity contribution in [1.82, 2.24) is 19.4 Å². The maximum Gasteiger partial charge on any atom is 0.271 e. The van der Waals surface area contributed by atoms with E-state index in [2.05, 4.69) is 26.3 Å². The summed E-state index contributed by atoms with van der Waals surface area (Å²) in [7, 11) is 0. The Morgan fingerprint density at radius 2 is 1.72 bits per heavy atom. The Morgan fingerprint density at radius 3 is 2.40 bits per heavy atom. The minimum atomic E-state index is -0.575. The fourth-order valence-electron chi connectivity index (χ4n) is 6.80. The predicted octanol–water partition coefficient (Wildman–Crippen LogP) is 4.13. The molecule has 11 heteroatoms. The molecular formula is C32H40N8O3. The van der Waals surface area contributed by atoms with Gasteiger partial charge in [-0.15, -0.1) is 0 Å². The Hall–Kier alpha value is -4.17. The Labute approximate surface area is 252 Å². The molecule has 3 aromatic rings. The number of benzene rings is 1. The van der Waals surface area contributed by atoms with Crippen LogP contribution in [0.25, 0.3) is 11.0 Å². The largest absolute Gasteiger partial charge is 0.378 e. The molecule has 0 spiro atoms. The number of nitrogens with zero attached hydrogens (tertiary/aromatic N) is 6. The number of rotatable bonds is 9. The summed E-state index contributed by atoms with van der Waals surface area (Å²) in [6.45, 7) is 3.11. The van der Waals surface area contributed by atoms with Gasteiger partial charge >= 0.3 is 0 Å². The number of nitrogens with two attached hydrogens (primary N) is 1. The van der Waals surface area contributed by atoms with Gasteiger partial charge in [0.1, 0.15) is 29.8 Å². The molecular weight excluding hydrogens is 544 g/mol. The first-order chi connectivity index (χ1) is 21.0. The number of carbonyl (C=O) groups excluding carboxylic acids is 2. The predicted molar refractivity (Wildman–Crippen MR) is 164 cm³/mol. The SMILES string of the molecule is N#Cc1nc(NC2CCCC2)c2cc(C(=O)N(CC(N)=O)Cc3ccc(N4CCOCC4)cc3)n(C3CCCCC3)c2n1. The standard InChI is InChI=1S/C32H40N8O3/c33-19-29-36-30(35-23-6-4-5-7-23)26-18-27(40(31(26)37-29)25-8-2-1-3-9-25)32(42)39(21-28(34)41)20-22-10-12-24(13-11-22)38-14-16-43-17-15-38/h10-13,18,23,25H,1-9,14-17,20-21H2,(H2,34,41)(H,35,36,37). The van der Waals surface area contributed by atoms with Crippen molar-refractivity contribution in [1.29, 1.82) is 5.26 Å². The number of fused-ring (bicyclic) bond motifs is 1. The van der Waals surface area contributed by atoms with Crippen molar-refractivity contribution < 1.29 is 14.3 Å². The number of primary amides is 1. The van der Waals surface area contributed by atoms with Gasteiger partial charge in [-0.3, -0.25) is 9.59 Å². The van der Waals surface area contributed by atoms with E-state index in [9.17, 15) is 14.9 Å². The molecule has 0 bridgehead atoms. The van der Waals surface area contributed by atoms with E-state index in [1.54, 1.807) is 0 Å². The molecule has 1 aromatic carbocycles. The second-order valence-corrected chi connectivity index (χ2v) is 12.0. The van der Waals surface area contributed by atoms with Gasteiger partial charge in [0.05, 0.1) is 18.6 Å². The molecule has 3 fully saturated rings. The summed E-state index contributed by atoms with van der Waals surface area (Å²) < 4.78 is 7.48. The maximum absolute atomic E-state index is 14.4. The number of nitrogens with one attached hydrogen (secondary N) is 1. The van der Waals surface area contributed by atoms with Crippen LogP contribution in [0.3, 0.4) is 0 Å². The summed E-state index contributed by atoms with van der Waals surface area (Å²) in [6.07, 6.45) is 9.49. The van der Waals surface area contributed by atoms with Crippen molar-refractivity contribution in [3.05, 3.63) is 47.4 Å². The number of aromatic nitrogens is 3. The lowest BCUT2D eigenvalue weighted by molar-refractivity contribution is -0.118. The molecule has 43 heavy (non-hydrogen) atoms. The van der Waals surface area contributed by atoms with E-state index >= 15 is 0 Å². The summed E-state index contributed by atoms with van der Waals surface area (Å²) in [5.41, 5.74) is 8.72. The zero-order valence-electron chi connectivity index (χ0n) is 24.6. The highest BCUT2D eigenvalue weighted by Crippen LogP contribution is 2.36. The van der Waals surface area contributed by atoms with Crippen molar-refractivity contribution in [3.63, 3.8) is 0 Å². The van der Waals surface area contributed by atoms with Gasteiger partial charge in [0.25, 0.3) is 5.91 Å².